The third-order valence-electron chi connectivity index (χ3n) is 2.70. The van der Waals surface area contributed by atoms with Crippen LogP contribution < -0.4 is 0 Å². The molecule has 0 aromatic heterocycles. The SMILES string of the molecule is CCc1cc(C#N)cc(C2CC2)c1I. The average molecular weight is 297 g/mol. The molecule has 2 rings (SSSR count). The molecule has 0 amide bonds. The minimum absolute atomic E-state index is 0.737. The van der Waals surface area contributed by atoms with Gasteiger partial charge >= 0.3 is 0 Å². The highest BCUT2D eigenvalue weighted by atomic mass is 127. The number of hydrogen-bond acceptors (Lipinski definition) is 1. The van der Waals surface area contributed by atoms with E-state index in [1.807, 2.05) is 6.07 Å². The summed E-state index contributed by atoms with van der Waals surface area (Å²) in [6.45, 7) is 2.15. The van der Waals surface area contributed by atoms with Crippen molar-refractivity contribution in [2.75, 3.05) is 0 Å². The molecule has 0 heterocycles. The van der Waals surface area contributed by atoms with E-state index in [1.165, 1.54) is 27.5 Å². The van der Waals surface area contributed by atoms with E-state index in [4.69, 9.17) is 5.26 Å². The zero-order chi connectivity index (χ0) is 10.1. The van der Waals surface area contributed by atoms with Crippen LogP contribution in [0.5, 0.6) is 0 Å². The first kappa shape index (κ1) is 9.97. The van der Waals surface area contributed by atoms with Crippen LogP contribution in [0.15, 0.2) is 12.1 Å². The quantitative estimate of drug-likeness (QED) is 0.765. The molecular formula is C12H12IN. The van der Waals surface area contributed by atoms with Gasteiger partial charge in [0.1, 0.15) is 0 Å². The van der Waals surface area contributed by atoms with Crippen molar-refractivity contribution in [3.63, 3.8) is 0 Å². The highest BCUT2D eigenvalue weighted by molar-refractivity contribution is 14.1. The lowest BCUT2D eigenvalue weighted by Crippen LogP contribution is -1.95. The summed E-state index contributed by atoms with van der Waals surface area (Å²) < 4.78 is 1.38. The molecule has 1 nitrogen and oxygen atoms in total. The number of halogens is 1. The lowest BCUT2D eigenvalue weighted by Gasteiger charge is -2.08. The van der Waals surface area contributed by atoms with E-state index in [2.05, 4.69) is 41.7 Å². The summed E-state index contributed by atoms with van der Waals surface area (Å²) in [6, 6.07) is 6.34. The van der Waals surface area contributed by atoms with Crippen molar-refractivity contribution in [2.45, 2.75) is 32.1 Å². The number of nitriles is 1. The minimum atomic E-state index is 0.737. The van der Waals surface area contributed by atoms with Gasteiger partial charge in [-0.25, -0.2) is 0 Å². The van der Waals surface area contributed by atoms with Crippen LogP contribution in [0.25, 0.3) is 0 Å². The van der Waals surface area contributed by atoms with E-state index < -0.39 is 0 Å². The van der Waals surface area contributed by atoms with Crippen LogP contribution in [0.3, 0.4) is 0 Å². The molecule has 0 saturated heterocycles. The van der Waals surface area contributed by atoms with Crippen molar-refractivity contribution < 1.29 is 0 Å². The van der Waals surface area contributed by atoms with Gasteiger partial charge in [0.2, 0.25) is 0 Å². The van der Waals surface area contributed by atoms with Crippen molar-refractivity contribution >= 4 is 22.6 Å². The Bertz CT molecular complexity index is 400. The van der Waals surface area contributed by atoms with E-state index in [0.29, 0.717) is 0 Å². The summed E-state index contributed by atoms with van der Waals surface area (Å²) in [7, 11) is 0. The molecule has 0 N–H and O–H groups in total. The summed E-state index contributed by atoms with van der Waals surface area (Å²) >= 11 is 2.42. The van der Waals surface area contributed by atoms with Gasteiger partial charge in [-0.15, -0.1) is 0 Å². The maximum atomic E-state index is 8.92. The average Bonchev–Trinajstić information content (AvgIpc) is 3.02. The lowest BCUT2D eigenvalue weighted by molar-refractivity contribution is 1.05. The van der Waals surface area contributed by atoms with Gasteiger partial charge < -0.3 is 0 Å². The largest absolute Gasteiger partial charge is 0.192 e. The minimum Gasteiger partial charge on any atom is -0.192 e. The molecule has 2 heteroatoms. The molecule has 0 spiro atoms. The Hall–Kier alpha value is -0.560. The Morgan fingerprint density at radius 2 is 2.21 bits per heavy atom. The Morgan fingerprint density at radius 1 is 1.50 bits per heavy atom. The molecule has 0 bridgehead atoms. The van der Waals surface area contributed by atoms with E-state index in [0.717, 1.165) is 17.9 Å². The third-order valence-corrected chi connectivity index (χ3v) is 4.02. The topological polar surface area (TPSA) is 23.8 Å². The molecular weight excluding hydrogens is 285 g/mol. The van der Waals surface area contributed by atoms with Gasteiger partial charge in [-0.3, -0.25) is 0 Å². The number of aryl methyl sites for hydroxylation is 1. The van der Waals surface area contributed by atoms with Crippen LogP contribution in [0, 0.1) is 14.9 Å². The zero-order valence-electron chi connectivity index (χ0n) is 8.18. The first-order valence-corrected chi connectivity index (χ1v) is 6.06. The molecule has 0 aliphatic heterocycles. The van der Waals surface area contributed by atoms with E-state index >= 15 is 0 Å². The molecule has 72 valence electrons. The van der Waals surface area contributed by atoms with Crippen molar-refractivity contribution in [1.29, 1.82) is 5.26 Å². The van der Waals surface area contributed by atoms with Crippen LogP contribution in [-0.4, -0.2) is 0 Å². The summed E-state index contributed by atoms with van der Waals surface area (Å²) in [5.41, 5.74) is 3.55. The van der Waals surface area contributed by atoms with Gasteiger partial charge in [0, 0.05) is 3.57 Å². The zero-order valence-corrected chi connectivity index (χ0v) is 10.3. The monoisotopic (exact) mass is 297 g/mol. The predicted octanol–water partition coefficient (Wildman–Crippen LogP) is 3.60. The maximum Gasteiger partial charge on any atom is 0.0991 e. The first-order valence-electron chi connectivity index (χ1n) is 4.98. The van der Waals surface area contributed by atoms with Crippen LogP contribution in [-0.2, 0) is 6.42 Å². The number of rotatable bonds is 2. The van der Waals surface area contributed by atoms with Crippen LogP contribution >= 0.6 is 22.6 Å². The molecule has 0 radical (unpaired) electrons. The lowest BCUT2D eigenvalue weighted by atomic mass is 10.0. The highest BCUT2D eigenvalue weighted by Crippen LogP contribution is 2.43. The maximum absolute atomic E-state index is 8.92. The molecule has 14 heavy (non-hydrogen) atoms. The molecule has 1 saturated carbocycles. The molecule has 1 aromatic rings. The number of nitrogens with zero attached hydrogens (tertiary/aromatic N) is 1. The summed E-state index contributed by atoms with van der Waals surface area (Å²) in [6.07, 6.45) is 3.62. The normalized spacial score (nSPS) is 15.2. The second-order valence-corrected chi connectivity index (χ2v) is 4.86. The van der Waals surface area contributed by atoms with Crippen molar-refractivity contribution in [2.24, 2.45) is 0 Å². The Morgan fingerprint density at radius 3 is 2.71 bits per heavy atom. The summed E-state index contributed by atoms with van der Waals surface area (Å²) in [5, 5.41) is 8.92. The van der Waals surface area contributed by atoms with Crippen LogP contribution in [0.1, 0.15) is 42.4 Å². The molecule has 1 aromatic carbocycles. The van der Waals surface area contributed by atoms with Gasteiger partial charge in [0.15, 0.2) is 0 Å². The predicted molar refractivity (Wildman–Crippen MR) is 65.2 cm³/mol. The second kappa shape index (κ2) is 3.90. The molecule has 0 unspecified atom stereocenters. The van der Waals surface area contributed by atoms with Crippen molar-refractivity contribution in [3.05, 3.63) is 32.4 Å². The second-order valence-electron chi connectivity index (χ2n) is 3.78. The summed E-state index contributed by atoms with van der Waals surface area (Å²) in [5.74, 6) is 0.737. The van der Waals surface area contributed by atoms with Gasteiger partial charge in [-0.1, -0.05) is 6.92 Å². The Kier molecular flexibility index (Phi) is 2.78. The Labute approximate surface area is 98.3 Å². The fourth-order valence-corrected chi connectivity index (χ4v) is 2.86. The molecule has 1 fully saturated rings. The van der Waals surface area contributed by atoms with E-state index in [9.17, 15) is 0 Å². The third kappa shape index (κ3) is 1.78. The summed E-state index contributed by atoms with van der Waals surface area (Å²) in [4.78, 5) is 0. The van der Waals surface area contributed by atoms with Gasteiger partial charge in [0.25, 0.3) is 0 Å². The number of benzene rings is 1. The smallest absolute Gasteiger partial charge is 0.0991 e. The van der Waals surface area contributed by atoms with Crippen molar-refractivity contribution in [1.82, 2.24) is 0 Å². The molecule has 1 aliphatic carbocycles. The standard InChI is InChI=1S/C12H12IN/c1-2-9-5-8(7-14)6-11(12(9)13)10-3-4-10/h5-6,10H,2-4H2,1H3. The van der Waals surface area contributed by atoms with E-state index in [1.54, 1.807) is 0 Å². The number of hydrogen-bond donors (Lipinski definition) is 0. The van der Waals surface area contributed by atoms with Crippen molar-refractivity contribution in [3.8, 4) is 6.07 Å². The fraction of sp³-hybridized carbons (Fsp3) is 0.417. The van der Waals surface area contributed by atoms with Gasteiger partial charge in [-0.05, 0) is 71.0 Å². The van der Waals surface area contributed by atoms with Crippen LogP contribution in [0.2, 0.25) is 0 Å². The highest BCUT2D eigenvalue weighted by Gasteiger charge is 2.26. The van der Waals surface area contributed by atoms with E-state index in [-0.39, 0.29) is 0 Å². The molecule has 1 aliphatic rings. The van der Waals surface area contributed by atoms with Gasteiger partial charge in [0.05, 0.1) is 11.6 Å². The van der Waals surface area contributed by atoms with Crippen LogP contribution in [0.4, 0.5) is 0 Å². The first-order chi connectivity index (χ1) is 6.76. The van der Waals surface area contributed by atoms with Gasteiger partial charge in [-0.2, -0.15) is 5.26 Å². The molecule has 0 atom stereocenters. The Balaban J connectivity index is 2.52. The fourth-order valence-electron chi connectivity index (χ4n) is 1.72.